The van der Waals surface area contributed by atoms with Gasteiger partial charge < -0.3 is 2.85 Å². The zero-order valence-corrected chi connectivity index (χ0v) is 15.8. The Morgan fingerprint density at radius 2 is 0.667 bits per heavy atom. The van der Waals surface area contributed by atoms with Crippen LogP contribution < -0.4 is 0 Å². The Kier molecular flexibility index (Phi) is 8.35. The van der Waals surface area contributed by atoms with Crippen molar-refractivity contribution in [2.45, 2.75) is 47.0 Å². The molecule has 0 aliphatic carbocycles. The molecule has 0 aliphatic heterocycles. The first-order valence-corrected chi connectivity index (χ1v) is 7.12. The van der Waals surface area contributed by atoms with Gasteiger partial charge in [-0.25, -0.2) is 0 Å². The molecule has 0 atom stereocenters. The van der Waals surface area contributed by atoms with Crippen LogP contribution in [0.25, 0.3) is 0 Å². The van der Waals surface area contributed by atoms with E-state index in [1.54, 1.807) is 0 Å². The molecule has 3 nitrogen and oxygen atoms in total. The Morgan fingerprint density at radius 3 is 0.867 bits per heavy atom. The van der Waals surface area contributed by atoms with Gasteiger partial charge in [0.15, 0.2) is 0 Å². The van der Waals surface area contributed by atoms with E-state index in [4.69, 9.17) is 4.55 Å². The Bertz CT molecular complexity index is 749. The molecule has 0 bridgehead atoms. The molecular weight excluding hydrogens is 539 g/mol. The Morgan fingerprint density at radius 1 is 0.467 bits per heavy atom. The molecule has 0 aromatic heterocycles. The third-order valence-electron chi connectivity index (χ3n) is 3.02. The van der Waals surface area contributed by atoms with Crippen molar-refractivity contribution in [3.8, 4) is 0 Å². The first-order chi connectivity index (χ1) is 12.0. The third kappa shape index (κ3) is 3.93. The maximum Gasteiger partial charge on any atom is 2.00 e. The quantitative estimate of drug-likeness (QED) is 0.289. The summed E-state index contributed by atoms with van der Waals surface area (Å²) >= 11 is 0. The fourth-order valence-electron chi connectivity index (χ4n) is 1.31. The average Bonchev–Trinajstić information content (AvgIpc) is 2.43. The van der Waals surface area contributed by atoms with Crippen molar-refractivity contribution >= 4 is 47.9 Å². The SMILES string of the molecule is O=S(=O)(O)C(F)(F)C(F)(F)C(F)(F)C(F)(F)C(F)(F)C(F)(F)C(F)(F)C(F)(F)F.[Ca+2].[H-].[H-]. The van der Waals surface area contributed by atoms with Crippen LogP contribution in [0.4, 0.5) is 74.6 Å². The van der Waals surface area contributed by atoms with Gasteiger partial charge >= 0.3 is 94.8 Å². The number of rotatable bonds is 7. The maximum atomic E-state index is 13.0. The minimum atomic E-state index is -8.89. The van der Waals surface area contributed by atoms with E-state index in [0.717, 1.165) is 0 Å². The Balaban J connectivity index is -0.00000131. The molecule has 0 rings (SSSR count). The monoisotopic (exact) mass is 542 g/mol. The van der Waals surface area contributed by atoms with Crippen molar-refractivity contribution in [2.75, 3.05) is 0 Å². The number of hydrogen-bond donors (Lipinski definition) is 1. The molecule has 0 amide bonds. The van der Waals surface area contributed by atoms with Gasteiger partial charge in [-0.2, -0.15) is 83.1 Å². The van der Waals surface area contributed by atoms with Gasteiger partial charge in [-0.15, -0.1) is 0 Å². The van der Waals surface area contributed by atoms with E-state index in [0.29, 0.717) is 0 Å². The second-order valence-corrected chi connectivity index (χ2v) is 6.40. The van der Waals surface area contributed by atoms with E-state index >= 15 is 0 Å². The molecule has 0 aromatic carbocycles. The Hall–Kier alpha value is -0.0203. The fraction of sp³-hybridized carbons (Fsp3) is 1.00. The van der Waals surface area contributed by atoms with Gasteiger partial charge in [0.25, 0.3) is 0 Å². The summed E-state index contributed by atoms with van der Waals surface area (Å²) in [5, 5.41) is -7.84. The second kappa shape index (κ2) is 7.79. The van der Waals surface area contributed by atoms with Crippen molar-refractivity contribution in [3.63, 3.8) is 0 Å². The number of hydrogen-bond acceptors (Lipinski definition) is 2. The largest absolute Gasteiger partial charge is 2.00 e. The van der Waals surface area contributed by atoms with E-state index in [9.17, 15) is 83.1 Å². The predicted octanol–water partition coefficient (Wildman–Crippen LogP) is 4.69. The summed E-state index contributed by atoms with van der Waals surface area (Å²) in [5.74, 6) is -52.0. The molecule has 0 unspecified atom stereocenters. The zero-order valence-electron chi connectivity index (χ0n) is 14.8. The summed E-state index contributed by atoms with van der Waals surface area (Å²) < 4.78 is 242. The molecule has 0 heterocycles. The van der Waals surface area contributed by atoms with Gasteiger partial charge in [0.2, 0.25) is 0 Å². The molecule has 1 N–H and O–H groups in total. The average molecular weight is 542 g/mol. The van der Waals surface area contributed by atoms with Crippen LogP contribution in [0.2, 0.25) is 0 Å². The van der Waals surface area contributed by atoms with Crippen molar-refractivity contribution < 1.29 is 90.5 Å². The van der Waals surface area contributed by atoms with Gasteiger partial charge in [0.1, 0.15) is 0 Å². The summed E-state index contributed by atoms with van der Waals surface area (Å²) in [4.78, 5) is 0. The van der Waals surface area contributed by atoms with Gasteiger partial charge in [-0.3, -0.25) is 4.55 Å². The van der Waals surface area contributed by atoms with Crippen molar-refractivity contribution in [1.82, 2.24) is 0 Å². The summed E-state index contributed by atoms with van der Waals surface area (Å²) in [6.45, 7) is 0. The van der Waals surface area contributed by atoms with E-state index < -0.39 is 57.1 Å². The summed E-state index contributed by atoms with van der Waals surface area (Å²) in [6.07, 6.45) is -7.88. The van der Waals surface area contributed by atoms with Crippen LogP contribution in [0.1, 0.15) is 2.85 Å². The first-order valence-electron chi connectivity index (χ1n) is 5.68. The van der Waals surface area contributed by atoms with Crippen LogP contribution in [0.3, 0.4) is 0 Å². The fourth-order valence-corrected chi connectivity index (χ4v) is 1.76. The third-order valence-corrected chi connectivity index (χ3v) is 3.92. The molecule has 0 spiro atoms. The Labute approximate surface area is 185 Å². The molecule has 30 heavy (non-hydrogen) atoms. The summed E-state index contributed by atoms with van der Waals surface area (Å²) in [5.41, 5.74) is 0. The maximum absolute atomic E-state index is 13.0. The van der Waals surface area contributed by atoms with Crippen LogP contribution in [0.15, 0.2) is 0 Å². The van der Waals surface area contributed by atoms with Gasteiger partial charge in [-0.05, 0) is 0 Å². The summed E-state index contributed by atoms with van der Waals surface area (Å²) in [6, 6.07) is 0. The number of halogens is 17. The van der Waals surface area contributed by atoms with E-state index in [-0.39, 0.29) is 40.6 Å². The minimum Gasteiger partial charge on any atom is -1.00 e. The molecule has 0 saturated carbocycles. The van der Waals surface area contributed by atoms with Crippen LogP contribution >= 0.6 is 0 Å². The smallest absolute Gasteiger partial charge is 1.00 e. The molecule has 180 valence electrons. The minimum absolute atomic E-state index is 0. The van der Waals surface area contributed by atoms with Crippen LogP contribution in [-0.2, 0) is 10.1 Å². The molecule has 22 heteroatoms. The topological polar surface area (TPSA) is 54.4 Å². The molecule has 0 radical (unpaired) electrons. The molecule has 0 aromatic rings. The molecule has 0 saturated heterocycles. The van der Waals surface area contributed by atoms with E-state index in [1.807, 2.05) is 0 Å². The van der Waals surface area contributed by atoms with Gasteiger partial charge in [0.05, 0.1) is 0 Å². The van der Waals surface area contributed by atoms with Crippen LogP contribution in [0, 0.1) is 0 Å². The molecule has 0 aliphatic rings. The van der Waals surface area contributed by atoms with Crippen molar-refractivity contribution in [2.24, 2.45) is 0 Å². The number of alkyl halides is 17. The van der Waals surface area contributed by atoms with Crippen molar-refractivity contribution in [3.05, 3.63) is 0 Å². The van der Waals surface area contributed by atoms with Crippen LogP contribution in [-0.4, -0.2) is 97.7 Å². The van der Waals surface area contributed by atoms with Crippen LogP contribution in [0.5, 0.6) is 0 Å². The van der Waals surface area contributed by atoms with E-state index in [1.165, 1.54) is 0 Å². The zero-order chi connectivity index (χ0) is 24.5. The van der Waals surface area contributed by atoms with Gasteiger partial charge in [-0.1, -0.05) is 0 Å². The van der Waals surface area contributed by atoms with Gasteiger partial charge in [0, 0.05) is 0 Å². The predicted molar refractivity (Wildman–Crippen MR) is 60.2 cm³/mol. The molecule has 0 fully saturated rings. The molecular formula is C8H3CaF17O3S. The summed E-state index contributed by atoms with van der Waals surface area (Å²) in [7, 11) is -7.89. The standard InChI is InChI=1S/C8HF17O3S.Ca.2H/c9-1(10,3(13,14)5(17,18)7(21,22)23)2(11,12)4(15,16)6(19,20)8(24,25)29(26,27)28;;;/h(H,26,27,28);;;/q;+2;2*-1. The van der Waals surface area contributed by atoms with Crippen molar-refractivity contribution in [1.29, 1.82) is 0 Å². The second-order valence-electron chi connectivity index (χ2n) is 4.94. The van der Waals surface area contributed by atoms with E-state index in [2.05, 4.69) is 0 Å². The normalized spacial score (nSPS) is 16.3. The first kappa shape index (κ1) is 32.2.